The van der Waals surface area contributed by atoms with Crippen molar-refractivity contribution in [1.82, 2.24) is 19.8 Å². The van der Waals surface area contributed by atoms with Crippen molar-refractivity contribution < 1.29 is 18.4 Å². The molecule has 3 aromatic rings. The van der Waals surface area contributed by atoms with Crippen molar-refractivity contribution in [3.63, 3.8) is 0 Å². The highest BCUT2D eigenvalue weighted by Gasteiger charge is 2.44. The first kappa shape index (κ1) is 21.8. The number of piperidine rings is 1. The van der Waals surface area contributed by atoms with E-state index in [2.05, 4.69) is 9.97 Å². The molecule has 1 aromatic carbocycles. The van der Waals surface area contributed by atoms with E-state index in [4.69, 9.17) is 11.6 Å². The number of H-pyrrole nitrogens is 1. The quantitative estimate of drug-likeness (QED) is 0.594. The highest BCUT2D eigenvalue weighted by Crippen LogP contribution is 2.40. The van der Waals surface area contributed by atoms with Gasteiger partial charge in [-0.3, -0.25) is 9.59 Å². The Kier molecular flexibility index (Phi) is 5.35. The number of nitrogens with zero attached hydrogens (tertiary/aromatic N) is 3. The molecule has 1 spiro atoms. The Bertz CT molecular complexity index is 1280. The van der Waals surface area contributed by atoms with Crippen LogP contribution in [0.1, 0.15) is 45.5 Å². The predicted molar refractivity (Wildman–Crippen MR) is 120 cm³/mol. The summed E-state index contributed by atoms with van der Waals surface area (Å²) in [5.41, 5.74) is 0.942. The monoisotopic (exact) mass is 472 g/mol. The molecule has 2 saturated heterocycles. The van der Waals surface area contributed by atoms with E-state index in [1.54, 1.807) is 29.0 Å². The molecule has 2 aliphatic heterocycles. The van der Waals surface area contributed by atoms with Crippen LogP contribution < -0.4 is 0 Å². The lowest BCUT2D eigenvalue weighted by Crippen LogP contribution is -2.47. The van der Waals surface area contributed by atoms with Crippen molar-refractivity contribution >= 4 is 34.4 Å². The number of aromatic nitrogens is 2. The van der Waals surface area contributed by atoms with Crippen LogP contribution in [-0.4, -0.2) is 57.8 Å². The fraction of sp³-hybridized carbons (Fsp3) is 0.375. The van der Waals surface area contributed by atoms with Gasteiger partial charge in [0.1, 0.15) is 5.65 Å². The fourth-order valence-corrected chi connectivity index (χ4v) is 5.45. The SMILES string of the molecule is Cc1cc(F)c(F)c(C(=O)N2CCC3(CCCN(C(=O)c4cnc5[nH]ccc5c4Cl)C3)C2)c1. The molecule has 0 radical (unpaired) electrons. The smallest absolute Gasteiger partial charge is 0.256 e. The molecular weight excluding hydrogens is 450 g/mol. The van der Waals surface area contributed by atoms with Crippen LogP contribution in [0.3, 0.4) is 0 Å². The Morgan fingerprint density at radius 1 is 1.09 bits per heavy atom. The third kappa shape index (κ3) is 3.76. The lowest BCUT2D eigenvalue weighted by atomic mass is 9.79. The molecule has 1 N–H and O–H groups in total. The minimum atomic E-state index is -1.12. The number of fused-ring (bicyclic) bond motifs is 1. The number of pyridine rings is 1. The van der Waals surface area contributed by atoms with Crippen LogP contribution in [0.5, 0.6) is 0 Å². The van der Waals surface area contributed by atoms with Crippen molar-refractivity contribution in [3.05, 3.63) is 63.9 Å². The van der Waals surface area contributed by atoms with Crippen LogP contribution in [-0.2, 0) is 0 Å². The summed E-state index contributed by atoms with van der Waals surface area (Å²) in [6, 6.07) is 4.24. The number of rotatable bonds is 2. The maximum Gasteiger partial charge on any atom is 0.256 e. The average molecular weight is 473 g/mol. The Morgan fingerprint density at radius 3 is 2.61 bits per heavy atom. The van der Waals surface area contributed by atoms with E-state index in [0.717, 1.165) is 18.9 Å². The Hall–Kier alpha value is -3.00. The van der Waals surface area contributed by atoms with Crippen molar-refractivity contribution in [2.75, 3.05) is 26.2 Å². The predicted octanol–water partition coefficient (Wildman–Crippen LogP) is 4.57. The highest BCUT2D eigenvalue weighted by atomic mass is 35.5. The second kappa shape index (κ2) is 8.09. The maximum atomic E-state index is 14.3. The second-order valence-corrected chi connectivity index (χ2v) is 9.52. The first-order chi connectivity index (χ1) is 15.8. The molecule has 2 aromatic heterocycles. The van der Waals surface area contributed by atoms with E-state index in [0.29, 0.717) is 59.8 Å². The number of hydrogen-bond acceptors (Lipinski definition) is 3. The average Bonchev–Trinajstić information content (AvgIpc) is 3.44. The number of aryl methyl sites for hydroxylation is 1. The van der Waals surface area contributed by atoms with Gasteiger partial charge >= 0.3 is 0 Å². The van der Waals surface area contributed by atoms with Gasteiger partial charge in [0.25, 0.3) is 11.8 Å². The standard InChI is InChI=1S/C24H23ClF2N4O2/c1-14-9-16(20(27)18(26)10-14)22(32)31-8-5-24(13-31)4-2-7-30(12-24)23(33)17-11-29-21-15(19(17)25)3-6-28-21/h3,6,9-11H,2,4-5,7-8,12-13H2,1H3,(H,28,29). The second-order valence-electron chi connectivity index (χ2n) is 9.14. The summed E-state index contributed by atoms with van der Waals surface area (Å²) in [5.74, 6) is -2.84. The number of amides is 2. The number of aromatic amines is 1. The Labute approximate surface area is 194 Å². The van der Waals surface area contributed by atoms with E-state index in [1.165, 1.54) is 12.3 Å². The number of nitrogens with one attached hydrogen (secondary N) is 1. The van der Waals surface area contributed by atoms with Gasteiger partial charge in [-0.2, -0.15) is 0 Å². The van der Waals surface area contributed by atoms with Gasteiger partial charge in [-0.1, -0.05) is 11.6 Å². The van der Waals surface area contributed by atoms with E-state index < -0.39 is 17.5 Å². The normalized spacial score (nSPS) is 20.7. The van der Waals surface area contributed by atoms with Crippen LogP contribution >= 0.6 is 11.6 Å². The van der Waals surface area contributed by atoms with Crippen molar-refractivity contribution in [2.45, 2.75) is 26.2 Å². The van der Waals surface area contributed by atoms with Crippen molar-refractivity contribution in [1.29, 1.82) is 0 Å². The van der Waals surface area contributed by atoms with Crippen LogP contribution in [0, 0.1) is 24.0 Å². The first-order valence-electron chi connectivity index (χ1n) is 10.9. The number of carbonyl (C=O) groups excluding carboxylic acids is 2. The Morgan fingerprint density at radius 2 is 1.82 bits per heavy atom. The van der Waals surface area contributed by atoms with E-state index >= 15 is 0 Å². The van der Waals surface area contributed by atoms with Crippen molar-refractivity contribution in [2.24, 2.45) is 5.41 Å². The lowest BCUT2D eigenvalue weighted by Gasteiger charge is -2.40. The maximum absolute atomic E-state index is 14.3. The molecule has 2 aliphatic rings. The number of likely N-dealkylation sites (tertiary alicyclic amines) is 2. The van der Waals surface area contributed by atoms with Gasteiger partial charge in [-0.15, -0.1) is 0 Å². The van der Waals surface area contributed by atoms with Gasteiger partial charge in [0.15, 0.2) is 11.6 Å². The van der Waals surface area contributed by atoms with Gasteiger partial charge in [0.2, 0.25) is 0 Å². The van der Waals surface area contributed by atoms with Gasteiger partial charge in [0.05, 0.1) is 16.1 Å². The molecular formula is C24H23ClF2N4O2. The highest BCUT2D eigenvalue weighted by molar-refractivity contribution is 6.38. The molecule has 1 unspecified atom stereocenters. The summed E-state index contributed by atoms with van der Waals surface area (Å²) < 4.78 is 28.1. The summed E-state index contributed by atoms with van der Waals surface area (Å²) in [4.78, 5) is 36.9. The molecule has 33 heavy (non-hydrogen) atoms. The van der Waals surface area contributed by atoms with Crippen LogP contribution in [0.25, 0.3) is 11.0 Å². The summed E-state index contributed by atoms with van der Waals surface area (Å²) >= 11 is 6.49. The van der Waals surface area contributed by atoms with Gasteiger partial charge in [-0.05, 0) is 49.9 Å². The van der Waals surface area contributed by atoms with Crippen molar-refractivity contribution in [3.8, 4) is 0 Å². The summed E-state index contributed by atoms with van der Waals surface area (Å²) in [6.07, 6.45) is 5.55. The molecule has 0 aliphatic carbocycles. The zero-order chi connectivity index (χ0) is 23.3. The zero-order valence-electron chi connectivity index (χ0n) is 18.1. The number of hydrogen-bond donors (Lipinski definition) is 1. The van der Waals surface area contributed by atoms with Gasteiger partial charge < -0.3 is 14.8 Å². The third-order valence-electron chi connectivity index (χ3n) is 6.83. The zero-order valence-corrected chi connectivity index (χ0v) is 18.9. The molecule has 4 heterocycles. The largest absolute Gasteiger partial charge is 0.346 e. The molecule has 0 bridgehead atoms. The lowest BCUT2D eigenvalue weighted by molar-refractivity contribution is 0.0515. The molecule has 6 nitrogen and oxygen atoms in total. The van der Waals surface area contributed by atoms with Gasteiger partial charge in [0, 0.05) is 49.4 Å². The minimum Gasteiger partial charge on any atom is -0.346 e. The summed E-state index contributed by atoms with van der Waals surface area (Å²) in [5, 5.41) is 1.06. The topological polar surface area (TPSA) is 69.3 Å². The molecule has 0 saturated carbocycles. The third-order valence-corrected chi connectivity index (χ3v) is 7.24. The van der Waals surface area contributed by atoms with Crippen LogP contribution in [0.4, 0.5) is 8.78 Å². The Balaban J connectivity index is 1.35. The molecule has 2 amide bonds. The summed E-state index contributed by atoms with van der Waals surface area (Å²) in [6.45, 7) is 3.52. The van der Waals surface area contributed by atoms with E-state index in [9.17, 15) is 18.4 Å². The number of halogens is 3. The molecule has 5 rings (SSSR count). The van der Waals surface area contributed by atoms with E-state index in [1.807, 2.05) is 0 Å². The van der Waals surface area contributed by atoms with E-state index in [-0.39, 0.29) is 16.9 Å². The van der Waals surface area contributed by atoms with Crippen LogP contribution in [0.2, 0.25) is 5.02 Å². The number of carbonyl (C=O) groups is 2. The number of benzene rings is 1. The summed E-state index contributed by atoms with van der Waals surface area (Å²) in [7, 11) is 0. The molecule has 2 fully saturated rings. The molecule has 1 atom stereocenters. The minimum absolute atomic E-state index is 0.189. The molecule has 172 valence electrons. The fourth-order valence-electron chi connectivity index (χ4n) is 5.17. The molecule has 9 heteroatoms. The van der Waals surface area contributed by atoms with Crippen LogP contribution in [0.15, 0.2) is 30.6 Å². The van der Waals surface area contributed by atoms with Gasteiger partial charge in [-0.25, -0.2) is 13.8 Å². The first-order valence-corrected chi connectivity index (χ1v) is 11.3.